The van der Waals surface area contributed by atoms with Gasteiger partial charge in [0.2, 0.25) is 0 Å². The van der Waals surface area contributed by atoms with Gasteiger partial charge in [-0.15, -0.1) is 0 Å². The summed E-state index contributed by atoms with van der Waals surface area (Å²) in [7, 11) is 0. The van der Waals surface area contributed by atoms with E-state index in [4.69, 9.17) is 0 Å². The van der Waals surface area contributed by atoms with Crippen molar-refractivity contribution >= 4 is 11.4 Å². The highest BCUT2D eigenvalue weighted by Crippen LogP contribution is 2.28. The molecule has 3 rings (SSSR count). The van der Waals surface area contributed by atoms with E-state index < -0.39 is 0 Å². The third kappa shape index (κ3) is 3.64. The lowest BCUT2D eigenvalue weighted by molar-refractivity contribution is 0.281. The van der Waals surface area contributed by atoms with Gasteiger partial charge in [0.1, 0.15) is 5.82 Å². The van der Waals surface area contributed by atoms with Crippen LogP contribution in [0.2, 0.25) is 0 Å². The molecule has 1 atom stereocenters. The lowest BCUT2D eigenvalue weighted by Crippen LogP contribution is -2.19. The molecule has 0 aromatic heterocycles. The van der Waals surface area contributed by atoms with Crippen molar-refractivity contribution in [1.82, 2.24) is 0 Å². The number of anilines is 2. The number of hydrogen-bond acceptors (Lipinski definition) is 3. The molecular formula is C19H23FN2O. The summed E-state index contributed by atoms with van der Waals surface area (Å²) in [4.78, 5) is 2.10. The van der Waals surface area contributed by atoms with Crippen molar-refractivity contribution in [1.29, 1.82) is 0 Å². The Morgan fingerprint density at radius 2 is 1.96 bits per heavy atom. The summed E-state index contributed by atoms with van der Waals surface area (Å²) in [6.45, 7) is 3.94. The number of aliphatic hydroxyl groups excluding tert-OH is 1. The molecule has 1 fully saturated rings. The largest absolute Gasteiger partial charge is 0.392 e. The van der Waals surface area contributed by atoms with Gasteiger partial charge in [0.25, 0.3) is 0 Å². The van der Waals surface area contributed by atoms with Crippen molar-refractivity contribution in [3.8, 4) is 0 Å². The molecule has 3 nitrogen and oxygen atoms in total. The van der Waals surface area contributed by atoms with Gasteiger partial charge in [0.05, 0.1) is 12.3 Å². The van der Waals surface area contributed by atoms with Crippen LogP contribution in [-0.2, 0) is 6.61 Å². The van der Waals surface area contributed by atoms with Crippen molar-refractivity contribution < 1.29 is 9.50 Å². The number of benzene rings is 2. The average molecular weight is 314 g/mol. The van der Waals surface area contributed by atoms with Crippen LogP contribution in [-0.4, -0.2) is 18.2 Å². The van der Waals surface area contributed by atoms with E-state index in [1.54, 1.807) is 6.07 Å². The van der Waals surface area contributed by atoms with Gasteiger partial charge < -0.3 is 15.3 Å². The summed E-state index contributed by atoms with van der Waals surface area (Å²) >= 11 is 0. The van der Waals surface area contributed by atoms with Gasteiger partial charge >= 0.3 is 0 Å². The average Bonchev–Trinajstić information content (AvgIpc) is 3.09. The highest BCUT2D eigenvalue weighted by atomic mass is 19.1. The quantitative estimate of drug-likeness (QED) is 0.872. The van der Waals surface area contributed by atoms with E-state index in [0.717, 1.165) is 42.7 Å². The Morgan fingerprint density at radius 3 is 2.65 bits per heavy atom. The van der Waals surface area contributed by atoms with Gasteiger partial charge in [-0.25, -0.2) is 4.39 Å². The highest BCUT2D eigenvalue weighted by Gasteiger charge is 2.16. The zero-order valence-corrected chi connectivity index (χ0v) is 13.4. The molecule has 1 saturated heterocycles. The SMILES string of the molecule is CC(Nc1ccc(N2CCCC2)c(F)c1)c1cccc(CO)c1. The monoisotopic (exact) mass is 314 g/mol. The second-order valence-electron chi connectivity index (χ2n) is 6.13. The van der Waals surface area contributed by atoms with Gasteiger partial charge in [0, 0.05) is 24.8 Å². The fourth-order valence-corrected chi connectivity index (χ4v) is 3.11. The smallest absolute Gasteiger partial charge is 0.148 e. The fourth-order valence-electron chi connectivity index (χ4n) is 3.11. The molecule has 1 aliphatic heterocycles. The van der Waals surface area contributed by atoms with Gasteiger partial charge in [-0.2, -0.15) is 0 Å². The van der Waals surface area contributed by atoms with Gasteiger partial charge in [0.15, 0.2) is 0 Å². The molecule has 2 N–H and O–H groups in total. The summed E-state index contributed by atoms with van der Waals surface area (Å²) < 4.78 is 14.4. The van der Waals surface area contributed by atoms with E-state index in [9.17, 15) is 9.50 Å². The molecule has 0 spiro atoms. The minimum atomic E-state index is -0.173. The predicted octanol–water partition coefficient (Wildman–Crippen LogP) is 4.09. The summed E-state index contributed by atoms with van der Waals surface area (Å²) in [5, 5.41) is 12.6. The number of halogens is 1. The predicted molar refractivity (Wildman–Crippen MR) is 92.2 cm³/mol. The minimum absolute atomic E-state index is 0.0275. The van der Waals surface area contributed by atoms with E-state index in [1.807, 2.05) is 43.3 Å². The normalized spacial score (nSPS) is 15.7. The molecule has 2 aromatic carbocycles. The van der Waals surface area contributed by atoms with Crippen LogP contribution in [0, 0.1) is 5.82 Å². The first-order valence-corrected chi connectivity index (χ1v) is 8.18. The number of hydrogen-bond donors (Lipinski definition) is 2. The first-order valence-electron chi connectivity index (χ1n) is 8.18. The van der Waals surface area contributed by atoms with Gasteiger partial charge in [-0.05, 0) is 49.1 Å². The molecule has 1 heterocycles. The second kappa shape index (κ2) is 7.01. The Bertz CT molecular complexity index is 668. The number of nitrogens with one attached hydrogen (secondary N) is 1. The summed E-state index contributed by atoms with van der Waals surface area (Å²) in [6.07, 6.45) is 2.27. The fraction of sp³-hybridized carbons (Fsp3) is 0.368. The molecule has 4 heteroatoms. The van der Waals surface area contributed by atoms with Crippen LogP contribution in [0.15, 0.2) is 42.5 Å². The lowest BCUT2D eigenvalue weighted by atomic mass is 10.1. The standard InChI is InChI=1S/C19H23FN2O/c1-14(16-6-4-5-15(11-16)13-23)21-17-7-8-19(18(20)12-17)22-9-2-3-10-22/h4-8,11-12,14,21,23H,2-3,9-10,13H2,1H3. The zero-order chi connectivity index (χ0) is 16.2. The Kier molecular flexibility index (Phi) is 4.82. The van der Waals surface area contributed by atoms with Crippen LogP contribution in [0.5, 0.6) is 0 Å². The highest BCUT2D eigenvalue weighted by molar-refractivity contribution is 5.57. The third-order valence-electron chi connectivity index (χ3n) is 4.41. The van der Waals surface area contributed by atoms with Crippen LogP contribution < -0.4 is 10.2 Å². The maximum Gasteiger partial charge on any atom is 0.148 e. The first kappa shape index (κ1) is 15.8. The molecule has 23 heavy (non-hydrogen) atoms. The van der Waals surface area contributed by atoms with Crippen LogP contribution in [0.25, 0.3) is 0 Å². The van der Waals surface area contributed by atoms with Crippen molar-refractivity contribution in [2.75, 3.05) is 23.3 Å². The Balaban J connectivity index is 1.73. The zero-order valence-electron chi connectivity index (χ0n) is 13.4. The van der Waals surface area contributed by atoms with Crippen LogP contribution in [0.3, 0.4) is 0 Å². The molecule has 0 bridgehead atoms. The Morgan fingerprint density at radius 1 is 1.17 bits per heavy atom. The molecule has 0 radical (unpaired) electrons. The van der Waals surface area contributed by atoms with E-state index in [-0.39, 0.29) is 18.5 Å². The Labute approximate surface area is 136 Å². The summed E-state index contributed by atoms with van der Waals surface area (Å²) in [5.41, 5.74) is 3.42. The number of aliphatic hydroxyl groups is 1. The van der Waals surface area contributed by atoms with Crippen molar-refractivity contribution in [2.45, 2.75) is 32.4 Å². The lowest BCUT2D eigenvalue weighted by Gasteiger charge is -2.20. The molecule has 0 aliphatic carbocycles. The molecule has 0 saturated carbocycles. The van der Waals surface area contributed by atoms with E-state index in [2.05, 4.69) is 10.2 Å². The third-order valence-corrected chi connectivity index (χ3v) is 4.41. The second-order valence-corrected chi connectivity index (χ2v) is 6.13. The minimum Gasteiger partial charge on any atom is -0.392 e. The van der Waals surface area contributed by atoms with Crippen LogP contribution in [0.4, 0.5) is 15.8 Å². The van der Waals surface area contributed by atoms with Crippen LogP contribution >= 0.6 is 0 Å². The molecule has 122 valence electrons. The summed E-state index contributed by atoms with van der Waals surface area (Å²) in [5.74, 6) is -0.173. The maximum atomic E-state index is 14.4. The molecular weight excluding hydrogens is 291 g/mol. The molecule has 1 unspecified atom stereocenters. The molecule has 2 aromatic rings. The van der Waals surface area contributed by atoms with E-state index in [0.29, 0.717) is 5.69 Å². The molecule has 1 aliphatic rings. The maximum absolute atomic E-state index is 14.4. The topological polar surface area (TPSA) is 35.5 Å². The van der Waals surface area contributed by atoms with Gasteiger partial charge in [-0.3, -0.25) is 0 Å². The molecule has 0 amide bonds. The van der Waals surface area contributed by atoms with Crippen molar-refractivity contribution in [3.63, 3.8) is 0 Å². The van der Waals surface area contributed by atoms with Crippen molar-refractivity contribution in [3.05, 3.63) is 59.4 Å². The van der Waals surface area contributed by atoms with Crippen molar-refractivity contribution in [2.24, 2.45) is 0 Å². The number of nitrogens with zero attached hydrogens (tertiary/aromatic N) is 1. The number of rotatable bonds is 5. The van der Waals surface area contributed by atoms with E-state index in [1.165, 1.54) is 0 Å². The summed E-state index contributed by atoms with van der Waals surface area (Å²) in [6, 6.07) is 13.2. The first-order chi connectivity index (χ1) is 11.2. The van der Waals surface area contributed by atoms with Gasteiger partial charge in [-0.1, -0.05) is 24.3 Å². The van der Waals surface area contributed by atoms with E-state index >= 15 is 0 Å². The Hall–Kier alpha value is -2.07. The van der Waals surface area contributed by atoms with Crippen LogP contribution in [0.1, 0.15) is 36.9 Å².